The van der Waals surface area contributed by atoms with Gasteiger partial charge in [0.25, 0.3) is 0 Å². The van der Waals surface area contributed by atoms with E-state index in [-0.39, 0.29) is 6.04 Å². The van der Waals surface area contributed by atoms with Gasteiger partial charge in [-0.25, -0.2) is 0 Å². The van der Waals surface area contributed by atoms with Gasteiger partial charge in [-0.2, -0.15) is 0 Å². The molecule has 1 aliphatic rings. The Morgan fingerprint density at radius 1 is 1.19 bits per heavy atom. The first-order valence-corrected chi connectivity index (χ1v) is 6.03. The second kappa shape index (κ2) is 5.32. The largest absolute Gasteiger partial charge is 0.508 e. The number of hydrogen-bond acceptors (Lipinski definition) is 3. The molecule has 0 bridgehead atoms. The molecule has 1 aromatic carbocycles. The molecule has 1 aliphatic heterocycles. The molecular weight excluding hydrogens is 200 g/mol. The first-order valence-electron chi connectivity index (χ1n) is 6.03. The molecule has 1 aromatic rings. The summed E-state index contributed by atoms with van der Waals surface area (Å²) in [6.07, 6.45) is 3.88. The van der Waals surface area contributed by atoms with Gasteiger partial charge in [0.15, 0.2) is 0 Å². The van der Waals surface area contributed by atoms with Crippen molar-refractivity contribution in [1.29, 1.82) is 0 Å². The van der Waals surface area contributed by atoms with Crippen molar-refractivity contribution in [2.24, 2.45) is 5.73 Å². The van der Waals surface area contributed by atoms with Gasteiger partial charge in [-0.1, -0.05) is 24.6 Å². The average Bonchev–Trinajstić information content (AvgIpc) is 2.31. The van der Waals surface area contributed by atoms with E-state index in [0.29, 0.717) is 5.75 Å². The SMILES string of the molecule is NC(CN1CCCCC1)c1ccccc1O. The van der Waals surface area contributed by atoms with Gasteiger partial charge >= 0.3 is 0 Å². The summed E-state index contributed by atoms with van der Waals surface area (Å²) in [5.74, 6) is 0.312. The van der Waals surface area contributed by atoms with Gasteiger partial charge in [0, 0.05) is 18.2 Å². The lowest BCUT2D eigenvalue weighted by Crippen LogP contribution is -2.36. The van der Waals surface area contributed by atoms with Crippen LogP contribution in [0.15, 0.2) is 24.3 Å². The van der Waals surface area contributed by atoms with Crippen LogP contribution in [0.25, 0.3) is 0 Å². The zero-order chi connectivity index (χ0) is 11.4. The second-order valence-corrected chi connectivity index (χ2v) is 4.53. The average molecular weight is 220 g/mol. The number of rotatable bonds is 3. The van der Waals surface area contributed by atoms with Crippen molar-refractivity contribution in [3.8, 4) is 5.75 Å². The molecule has 0 aromatic heterocycles. The molecule has 88 valence electrons. The fourth-order valence-corrected chi connectivity index (χ4v) is 2.32. The molecule has 16 heavy (non-hydrogen) atoms. The molecule has 0 aliphatic carbocycles. The Balaban J connectivity index is 1.96. The summed E-state index contributed by atoms with van der Waals surface area (Å²) in [5, 5.41) is 9.71. The Morgan fingerprint density at radius 2 is 1.88 bits per heavy atom. The van der Waals surface area contributed by atoms with Crippen molar-refractivity contribution < 1.29 is 5.11 Å². The zero-order valence-corrected chi connectivity index (χ0v) is 9.60. The molecule has 3 nitrogen and oxygen atoms in total. The van der Waals surface area contributed by atoms with E-state index in [1.807, 2.05) is 18.2 Å². The number of likely N-dealkylation sites (tertiary alicyclic amines) is 1. The maximum absolute atomic E-state index is 9.71. The predicted octanol–water partition coefficient (Wildman–Crippen LogP) is 1.88. The monoisotopic (exact) mass is 220 g/mol. The summed E-state index contributed by atoms with van der Waals surface area (Å²) < 4.78 is 0. The lowest BCUT2D eigenvalue weighted by Gasteiger charge is -2.29. The third kappa shape index (κ3) is 2.74. The van der Waals surface area contributed by atoms with Crippen molar-refractivity contribution >= 4 is 0 Å². The van der Waals surface area contributed by atoms with Crippen molar-refractivity contribution in [3.05, 3.63) is 29.8 Å². The van der Waals surface area contributed by atoms with E-state index < -0.39 is 0 Å². The van der Waals surface area contributed by atoms with Crippen molar-refractivity contribution in [2.75, 3.05) is 19.6 Å². The van der Waals surface area contributed by atoms with Crippen LogP contribution in [0.2, 0.25) is 0 Å². The molecular formula is C13H20N2O. The third-order valence-corrected chi connectivity index (χ3v) is 3.24. The Bertz CT molecular complexity index is 334. The van der Waals surface area contributed by atoms with E-state index >= 15 is 0 Å². The Morgan fingerprint density at radius 3 is 2.56 bits per heavy atom. The standard InChI is InChI=1S/C13H20N2O/c14-12(10-15-8-4-1-5-9-15)11-6-2-3-7-13(11)16/h2-3,6-7,12,16H,1,4-5,8-10,14H2. The quantitative estimate of drug-likeness (QED) is 0.817. The first kappa shape index (κ1) is 11.4. The van der Waals surface area contributed by atoms with Gasteiger partial charge < -0.3 is 15.7 Å². The topological polar surface area (TPSA) is 49.5 Å². The zero-order valence-electron chi connectivity index (χ0n) is 9.60. The smallest absolute Gasteiger partial charge is 0.120 e. The Hall–Kier alpha value is -1.06. The van der Waals surface area contributed by atoms with Gasteiger partial charge in [0.2, 0.25) is 0 Å². The van der Waals surface area contributed by atoms with Crippen LogP contribution in [0.5, 0.6) is 5.75 Å². The minimum atomic E-state index is -0.0840. The second-order valence-electron chi connectivity index (χ2n) is 4.53. The molecule has 3 heteroatoms. The predicted molar refractivity (Wildman–Crippen MR) is 65.3 cm³/mol. The minimum absolute atomic E-state index is 0.0840. The van der Waals surface area contributed by atoms with Gasteiger partial charge in [-0.05, 0) is 32.0 Å². The van der Waals surface area contributed by atoms with Crippen LogP contribution in [-0.2, 0) is 0 Å². The fraction of sp³-hybridized carbons (Fsp3) is 0.538. The van der Waals surface area contributed by atoms with E-state index in [4.69, 9.17) is 5.73 Å². The maximum atomic E-state index is 9.71. The van der Waals surface area contributed by atoms with E-state index in [9.17, 15) is 5.11 Å². The molecule has 1 saturated heterocycles. The van der Waals surface area contributed by atoms with Crippen LogP contribution in [0.3, 0.4) is 0 Å². The molecule has 0 spiro atoms. The molecule has 2 rings (SSSR count). The summed E-state index contributed by atoms with van der Waals surface area (Å²) in [5.41, 5.74) is 6.98. The van der Waals surface area contributed by atoms with Crippen molar-refractivity contribution in [3.63, 3.8) is 0 Å². The first-order chi connectivity index (χ1) is 7.77. The highest BCUT2D eigenvalue weighted by Gasteiger charge is 2.16. The van der Waals surface area contributed by atoms with Crippen LogP contribution >= 0.6 is 0 Å². The third-order valence-electron chi connectivity index (χ3n) is 3.24. The summed E-state index contributed by atoms with van der Waals surface area (Å²) in [6, 6.07) is 7.27. The molecule has 0 saturated carbocycles. The Labute approximate surface area is 96.9 Å². The number of phenols is 1. The van der Waals surface area contributed by atoms with Crippen LogP contribution < -0.4 is 5.73 Å². The lowest BCUT2D eigenvalue weighted by atomic mass is 10.0. The maximum Gasteiger partial charge on any atom is 0.120 e. The van der Waals surface area contributed by atoms with Gasteiger partial charge in [-0.15, -0.1) is 0 Å². The summed E-state index contributed by atoms with van der Waals surface area (Å²) in [7, 11) is 0. The molecule has 1 heterocycles. The van der Waals surface area contributed by atoms with Gasteiger partial charge in [-0.3, -0.25) is 0 Å². The number of phenolic OH excluding ortho intramolecular Hbond substituents is 1. The van der Waals surface area contributed by atoms with E-state index in [1.54, 1.807) is 6.07 Å². The molecule has 0 radical (unpaired) electrons. The minimum Gasteiger partial charge on any atom is -0.508 e. The highest BCUT2D eigenvalue weighted by Crippen LogP contribution is 2.23. The highest BCUT2D eigenvalue weighted by molar-refractivity contribution is 5.34. The van der Waals surface area contributed by atoms with Gasteiger partial charge in [0.1, 0.15) is 5.75 Å². The number of nitrogens with two attached hydrogens (primary N) is 1. The van der Waals surface area contributed by atoms with Crippen LogP contribution in [-0.4, -0.2) is 29.6 Å². The molecule has 1 atom stereocenters. The van der Waals surface area contributed by atoms with Crippen molar-refractivity contribution in [2.45, 2.75) is 25.3 Å². The van der Waals surface area contributed by atoms with Crippen molar-refractivity contribution in [1.82, 2.24) is 4.90 Å². The Kier molecular flexibility index (Phi) is 3.80. The highest BCUT2D eigenvalue weighted by atomic mass is 16.3. The van der Waals surface area contributed by atoms with E-state index in [2.05, 4.69) is 4.90 Å². The van der Waals surface area contributed by atoms with Crippen LogP contribution in [0.4, 0.5) is 0 Å². The number of hydrogen-bond donors (Lipinski definition) is 2. The number of piperidine rings is 1. The summed E-state index contributed by atoms with van der Waals surface area (Å²) >= 11 is 0. The number of para-hydroxylation sites is 1. The number of aromatic hydroxyl groups is 1. The number of nitrogens with zero attached hydrogens (tertiary/aromatic N) is 1. The van der Waals surface area contributed by atoms with E-state index in [0.717, 1.165) is 25.2 Å². The van der Waals surface area contributed by atoms with E-state index in [1.165, 1.54) is 19.3 Å². The lowest BCUT2D eigenvalue weighted by molar-refractivity contribution is 0.215. The van der Waals surface area contributed by atoms with Gasteiger partial charge in [0.05, 0.1) is 0 Å². The molecule has 3 N–H and O–H groups in total. The van der Waals surface area contributed by atoms with Crippen LogP contribution in [0.1, 0.15) is 30.9 Å². The summed E-state index contributed by atoms with van der Waals surface area (Å²) in [4.78, 5) is 2.39. The van der Waals surface area contributed by atoms with Crippen LogP contribution in [0, 0.1) is 0 Å². The molecule has 1 unspecified atom stereocenters. The molecule has 0 amide bonds. The normalized spacial score (nSPS) is 19.6. The summed E-state index contributed by atoms with van der Waals surface area (Å²) in [6.45, 7) is 3.13. The number of benzene rings is 1. The molecule has 1 fully saturated rings. The fourth-order valence-electron chi connectivity index (χ4n) is 2.32.